The highest BCUT2D eigenvalue weighted by atomic mass is 32.2. The van der Waals surface area contributed by atoms with E-state index in [1.165, 1.54) is 25.0 Å². The van der Waals surface area contributed by atoms with Crippen molar-refractivity contribution in [3.05, 3.63) is 17.6 Å². The van der Waals surface area contributed by atoms with Crippen LogP contribution >= 0.6 is 11.8 Å². The van der Waals surface area contributed by atoms with Gasteiger partial charge in [0.1, 0.15) is 11.6 Å². The fourth-order valence-corrected chi connectivity index (χ4v) is 3.73. The van der Waals surface area contributed by atoms with Crippen molar-refractivity contribution in [2.24, 2.45) is 0 Å². The molecule has 1 saturated heterocycles. The molecule has 3 nitrogen and oxygen atoms in total. The molecule has 1 aliphatic rings. The van der Waals surface area contributed by atoms with Crippen molar-refractivity contribution in [1.82, 2.24) is 9.97 Å². The van der Waals surface area contributed by atoms with Crippen LogP contribution in [0.4, 0.5) is 5.82 Å². The Morgan fingerprint density at radius 1 is 1.32 bits per heavy atom. The van der Waals surface area contributed by atoms with Gasteiger partial charge in [-0.1, -0.05) is 20.3 Å². The third kappa shape index (κ3) is 4.10. The molecular formula is C15H25N3S. The molecule has 1 aromatic rings. The van der Waals surface area contributed by atoms with Crippen LogP contribution in [-0.4, -0.2) is 34.1 Å². The van der Waals surface area contributed by atoms with Crippen LogP contribution in [0.3, 0.4) is 0 Å². The Kier molecular flexibility index (Phi) is 5.49. The molecule has 0 radical (unpaired) electrons. The fraction of sp³-hybridized carbons (Fsp3) is 0.733. The van der Waals surface area contributed by atoms with E-state index in [4.69, 9.17) is 0 Å². The van der Waals surface area contributed by atoms with Crippen LogP contribution in [0.25, 0.3) is 0 Å². The standard InChI is InChI=1S/C15H25N3S/c1-4-13-10-15(17-12(3)16-13)18-9-7-6-8-14(11-18)19-5-2/h10,14H,4-9,11H2,1-3H3. The van der Waals surface area contributed by atoms with Gasteiger partial charge in [-0.25, -0.2) is 9.97 Å². The molecule has 0 bridgehead atoms. The van der Waals surface area contributed by atoms with Gasteiger partial charge in [-0.05, 0) is 31.9 Å². The molecule has 1 aliphatic heterocycles. The molecule has 2 rings (SSSR count). The Balaban J connectivity index is 2.16. The van der Waals surface area contributed by atoms with Gasteiger partial charge in [0.25, 0.3) is 0 Å². The van der Waals surface area contributed by atoms with Crippen molar-refractivity contribution in [1.29, 1.82) is 0 Å². The van der Waals surface area contributed by atoms with Crippen LogP contribution in [-0.2, 0) is 6.42 Å². The van der Waals surface area contributed by atoms with Gasteiger partial charge in [0.2, 0.25) is 0 Å². The Bertz CT molecular complexity index is 408. The first-order valence-electron chi connectivity index (χ1n) is 7.44. The SMILES string of the molecule is CCSC1CCCCN(c2cc(CC)nc(C)n2)C1. The van der Waals surface area contributed by atoms with Gasteiger partial charge in [0.05, 0.1) is 0 Å². The average Bonchev–Trinajstić information content (AvgIpc) is 2.64. The second-order valence-corrected chi connectivity index (χ2v) is 6.71. The summed E-state index contributed by atoms with van der Waals surface area (Å²) in [5.74, 6) is 3.24. The quantitative estimate of drug-likeness (QED) is 0.844. The van der Waals surface area contributed by atoms with Gasteiger partial charge < -0.3 is 4.90 Å². The molecule has 2 heterocycles. The summed E-state index contributed by atoms with van der Waals surface area (Å²) in [5.41, 5.74) is 1.16. The maximum Gasteiger partial charge on any atom is 0.132 e. The molecule has 1 aromatic heterocycles. The van der Waals surface area contributed by atoms with Crippen LogP contribution in [0.1, 0.15) is 44.6 Å². The lowest BCUT2D eigenvalue weighted by molar-refractivity contribution is 0.735. The first-order chi connectivity index (χ1) is 9.22. The molecule has 1 atom stereocenters. The third-order valence-corrected chi connectivity index (χ3v) is 4.78. The highest BCUT2D eigenvalue weighted by molar-refractivity contribution is 7.99. The highest BCUT2D eigenvalue weighted by Gasteiger charge is 2.19. The van der Waals surface area contributed by atoms with Crippen LogP contribution in [0, 0.1) is 6.92 Å². The first-order valence-corrected chi connectivity index (χ1v) is 8.49. The minimum absolute atomic E-state index is 0.757. The van der Waals surface area contributed by atoms with Crippen molar-refractivity contribution in [3.8, 4) is 0 Å². The van der Waals surface area contributed by atoms with E-state index in [-0.39, 0.29) is 0 Å². The number of aryl methyl sites for hydroxylation is 2. The van der Waals surface area contributed by atoms with Crippen LogP contribution in [0.5, 0.6) is 0 Å². The molecule has 0 spiro atoms. The Labute approximate surface area is 121 Å². The minimum atomic E-state index is 0.757. The minimum Gasteiger partial charge on any atom is -0.355 e. The van der Waals surface area contributed by atoms with Gasteiger partial charge in [-0.3, -0.25) is 0 Å². The van der Waals surface area contributed by atoms with E-state index >= 15 is 0 Å². The number of anilines is 1. The monoisotopic (exact) mass is 279 g/mol. The third-order valence-electron chi connectivity index (χ3n) is 3.59. The Morgan fingerprint density at radius 2 is 2.16 bits per heavy atom. The molecule has 1 fully saturated rings. The topological polar surface area (TPSA) is 29.0 Å². The molecule has 106 valence electrons. The van der Waals surface area contributed by atoms with Crippen LogP contribution in [0.15, 0.2) is 6.07 Å². The lowest BCUT2D eigenvalue weighted by Crippen LogP contribution is -2.30. The van der Waals surface area contributed by atoms with Gasteiger partial charge in [0.15, 0.2) is 0 Å². The van der Waals surface area contributed by atoms with E-state index < -0.39 is 0 Å². The average molecular weight is 279 g/mol. The summed E-state index contributed by atoms with van der Waals surface area (Å²) in [6.45, 7) is 8.69. The smallest absolute Gasteiger partial charge is 0.132 e. The molecule has 0 amide bonds. The van der Waals surface area contributed by atoms with Gasteiger partial charge in [0, 0.05) is 30.1 Å². The molecule has 1 unspecified atom stereocenters. The molecule has 4 heteroatoms. The second-order valence-electron chi connectivity index (χ2n) is 5.14. The summed E-state index contributed by atoms with van der Waals surface area (Å²) in [6, 6.07) is 2.17. The van der Waals surface area contributed by atoms with Crippen molar-refractivity contribution in [3.63, 3.8) is 0 Å². The zero-order chi connectivity index (χ0) is 13.7. The second kappa shape index (κ2) is 7.13. The van der Waals surface area contributed by atoms with Crippen molar-refractivity contribution >= 4 is 17.6 Å². The summed E-state index contributed by atoms with van der Waals surface area (Å²) in [4.78, 5) is 11.6. The Morgan fingerprint density at radius 3 is 2.89 bits per heavy atom. The zero-order valence-corrected chi connectivity index (χ0v) is 13.2. The number of rotatable bonds is 4. The van der Waals surface area contributed by atoms with E-state index in [9.17, 15) is 0 Å². The van der Waals surface area contributed by atoms with Crippen molar-refractivity contribution < 1.29 is 0 Å². The normalized spacial score (nSPS) is 20.4. The van der Waals surface area contributed by atoms with Gasteiger partial charge in [-0.15, -0.1) is 0 Å². The Hall–Kier alpha value is -0.770. The van der Waals surface area contributed by atoms with E-state index in [1.54, 1.807) is 0 Å². The molecule has 0 N–H and O–H groups in total. The maximum absolute atomic E-state index is 4.65. The van der Waals surface area contributed by atoms with Crippen LogP contribution < -0.4 is 4.90 Å². The summed E-state index contributed by atoms with van der Waals surface area (Å²) in [7, 11) is 0. The molecule has 19 heavy (non-hydrogen) atoms. The van der Waals surface area contributed by atoms with E-state index in [2.05, 4.69) is 46.5 Å². The summed E-state index contributed by atoms with van der Waals surface area (Å²) in [6.07, 6.45) is 4.96. The van der Waals surface area contributed by atoms with Crippen molar-refractivity contribution in [2.75, 3.05) is 23.7 Å². The fourth-order valence-electron chi connectivity index (χ4n) is 2.64. The molecule has 0 saturated carbocycles. The molecular weight excluding hydrogens is 254 g/mol. The maximum atomic E-state index is 4.65. The summed E-state index contributed by atoms with van der Waals surface area (Å²) in [5, 5.41) is 0.757. The molecule has 0 aromatic carbocycles. The van der Waals surface area contributed by atoms with Gasteiger partial charge in [-0.2, -0.15) is 11.8 Å². The number of hydrogen-bond donors (Lipinski definition) is 0. The molecule has 0 aliphatic carbocycles. The zero-order valence-electron chi connectivity index (χ0n) is 12.4. The first kappa shape index (κ1) is 14.6. The number of hydrogen-bond acceptors (Lipinski definition) is 4. The van der Waals surface area contributed by atoms with Crippen LogP contribution in [0.2, 0.25) is 0 Å². The highest BCUT2D eigenvalue weighted by Crippen LogP contribution is 2.25. The lowest BCUT2D eigenvalue weighted by atomic mass is 10.2. The van der Waals surface area contributed by atoms with E-state index in [0.717, 1.165) is 42.1 Å². The van der Waals surface area contributed by atoms with E-state index in [0.29, 0.717) is 0 Å². The lowest BCUT2D eigenvalue weighted by Gasteiger charge is -2.25. The summed E-state index contributed by atoms with van der Waals surface area (Å²) < 4.78 is 0. The number of thioether (sulfide) groups is 1. The van der Waals surface area contributed by atoms with Crippen molar-refractivity contribution in [2.45, 2.75) is 51.7 Å². The largest absolute Gasteiger partial charge is 0.355 e. The predicted octanol–water partition coefficient (Wildman–Crippen LogP) is 3.46. The van der Waals surface area contributed by atoms with E-state index in [1.807, 2.05) is 6.92 Å². The number of aromatic nitrogens is 2. The van der Waals surface area contributed by atoms with Gasteiger partial charge >= 0.3 is 0 Å². The number of nitrogens with zero attached hydrogens (tertiary/aromatic N) is 3. The predicted molar refractivity (Wildman–Crippen MR) is 84.1 cm³/mol. The summed E-state index contributed by atoms with van der Waals surface area (Å²) >= 11 is 2.09.